The summed E-state index contributed by atoms with van der Waals surface area (Å²) in [5, 5.41) is 5.80. The summed E-state index contributed by atoms with van der Waals surface area (Å²) in [5.41, 5.74) is 2.97. The molecule has 5 nitrogen and oxygen atoms in total. The number of aryl methyl sites for hydroxylation is 2. The van der Waals surface area contributed by atoms with Gasteiger partial charge in [-0.3, -0.25) is 9.59 Å². The van der Waals surface area contributed by atoms with Crippen LogP contribution >= 0.6 is 0 Å². The quantitative estimate of drug-likeness (QED) is 0.699. The van der Waals surface area contributed by atoms with Crippen LogP contribution in [0.3, 0.4) is 0 Å². The van der Waals surface area contributed by atoms with Gasteiger partial charge in [0, 0.05) is 6.04 Å². The third-order valence-corrected chi connectivity index (χ3v) is 4.70. The highest BCUT2D eigenvalue weighted by Gasteiger charge is 2.22. The summed E-state index contributed by atoms with van der Waals surface area (Å²) < 4.78 is 5.98. The van der Waals surface area contributed by atoms with E-state index in [1.54, 1.807) is 24.3 Å². The van der Waals surface area contributed by atoms with Crippen LogP contribution in [-0.2, 0) is 4.79 Å². The van der Waals surface area contributed by atoms with E-state index in [2.05, 4.69) is 10.6 Å². The highest BCUT2D eigenvalue weighted by Crippen LogP contribution is 2.22. The van der Waals surface area contributed by atoms with Crippen molar-refractivity contribution in [2.24, 2.45) is 0 Å². The summed E-state index contributed by atoms with van der Waals surface area (Å²) in [6.45, 7) is 9.80. The van der Waals surface area contributed by atoms with E-state index in [1.165, 1.54) is 0 Å². The van der Waals surface area contributed by atoms with Crippen molar-refractivity contribution < 1.29 is 14.3 Å². The minimum Gasteiger partial charge on any atom is -0.480 e. The van der Waals surface area contributed by atoms with Gasteiger partial charge in [-0.1, -0.05) is 38.1 Å². The van der Waals surface area contributed by atoms with Gasteiger partial charge >= 0.3 is 0 Å². The lowest BCUT2D eigenvalue weighted by Gasteiger charge is -2.20. The van der Waals surface area contributed by atoms with Gasteiger partial charge in [-0.25, -0.2) is 0 Å². The first-order chi connectivity index (χ1) is 13.3. The van der Waals surface area contributed by atoms with E-state index in [9.17, 15) is 9.59 Å². The average Bonchev–Trinajstić information content (AvgIpc) is 2.68. The Labute approximate surface area is 167 Å². The van der Waals surface area contributed by atoms with Crippen LogP contribution in [0.5, 0.6) is 5.75 Å². The molecule has 0 aromatic heterocycles. The zero-order valence-electron chi connectivity index (χ0n) is 17.3. The van der Waals surface area contributed by atoms with Crippen molar-refractivity contribution in [3.05, 3.63) is 59.2 Å². The molecule has 0 radical (unpaired) electrons. The molecule has 0 aliphatic rings. The largest absolute Gasteiger partial charge is 0.480 e. The van der Waals surface area contributed by atoms with Gasteiger partial charge in [-0.05, 0) is 62.9 Å². The molecule has 0 aliphatic heterocycles. The molecule has 0 spiro atoms. The number of carbonyl (C=O) groups excluding carboxylic acids is 2. The van der Waals surface area contributed by atoms with Gasteiger partial charge in [0.25, 0.3) is 11.8 Å². The fourth-order valence-electron chi connectivity index (χ4n) is 2.72. The molecule has 2 aromatic carbocycles. The summed E-state index contributed by atoms with van der Waals surface area (Å²) in [6, 6.07) is 13.0. The van der Waals surface area contributed by atoms with E-state index in [0.717, 1.165) is 17.5 Å². The first kappa shape index (κ1) is 21.5. The van der Waals surface area contributed by atoms with Gasteiger partial charge in [0.1, 0.15) is 5.75 Å². The van der Waals surface area contributed by atoms with Gasteiger partial charge < -0.3 is 15.4 Å². The molecule has 0 saturated carbocycles. The molecule has 2 amide bonds. The maximum absolute atomic E-state index is 12.8. The molecule has 28 heavy (non-hydrogen) atoms. The van der Waals surface area contributed by atoms with Crippen molar-refractivity contribution in [1.82, 2.24) is 5.32 Å². The topological polar surface area (TPSA) is 67.4 Å². The maximum atomic E-state index is 12.8. The standard InChI is InChI=1S/C23H30N2O3/c1-6-17(5)24-22(26)18-10-8-9-11-19(18)25-23(27)20(7-2)28-21-14-15(3)12-13-16(21)4/h8-14,17,20H,6-7H2,1-5H3,(H,24,26)(H,25,27)/t17-,20+/m0/s1. The van der Waals surface area contributed by atoms with Crippen LogP contribution in [0.4, 0.5) is 5.69 Å². The van der Waals surface area contributed by atoms with Crippen molar-refractivity contribution in [2.45, 2.75) is 59.6 Å². The molecule has 2 aromatic rings. The molecule has 5 heteroatoms. The number of amides is 2. The lowest BCUT2D eigenvalue weighted by atomic mass is 10.1. The van der Waals surface area contributed by atoms with Gasteiger partial charge in [-0.2, -0.15) is 0 Å². The van der Waals surface area contributed by atoms with Crippen LogP contribution in [0.25, 0.3) is 0 Å². The fraction of sp³-hybridized carbons (Fsp3) is 0.391. The Kier molecular flexibility index (Phi) is 7.61. The predicted octanol–water partition coefficient (Wildman–Crippen LogP) is 4.63. The van der Waals surface area contributed by atoms with E-state index in [0.29, 0.717) is 23.4 Å². The summed E-state index contributed by atoms with van der Waals surface area (Å²) in [5.74, 6) is 0.228. The number of hydrogen-bond acceptors (Lipinski definition) is 3. The molecule has 0 aliphatic carbocycles. The summed E-state index contributed by atoms with van der Waals surface area (Å²) >= 11 is 0. The predicted molar refractivity (Wildman–Crippen MR) is 113 cm³/mol. The first-order valence-corrected chi connectivity index (χ1v) is 9.80. The van der Waals surface area contributed by atoms with Crippen LogP contribution in [0.2, 0.25) is 0 Å². The van der Waals surface area contributed by atoms with Crippen LogP contribution in [0.1, 0.15) is 55.1 Å². The highest BCUT2D eigenvalue weighted by atomic mass is 16.5. The molecule has 150 valence electrons. The molecule has 2 N–H and O–H groups in total. The van der Waals surface area contributed by atoms with Gasteiger partial charge in [0.05, 0.1) is 11.3 Å². The van der Waals surface area contributed by atoms with Crippen LogP contribution in [-0.4, -0.2) is 24.0 Å². The van der Waals surface area contributed by atoms with Crippen molar-refractivity contribution in [1.29, 1.82) is 0 Å². The van der Waals surface area contributed by atoms with Crippen molar-refractivity contribution in [2.75, 3.05) is 5.32 Å². The van der Waals surface area contributed by atoms with Crippen molar-refractivity contribution >= 4 is 17.5 Å². The zero-order valence-corrected chi connectivity index (χ0v) is 17.3. The van der Waals surface area contributed by atoms with Crippen LogP contribution in [0, 0.1) is 13.8 Å². The average molecular weight is 383 g/mol. The van der Waals surface area contributed by atoms with E-state index in [-0.39, 0.29) is 17.9 Å². The number of benzene rings is 2. The van der Waals surface area contributed by atoms with Gasteiger partial charge in [0.2, 0.25) is 0 Å². The zero-order chi connectivity index (χ0) is 20.7. The molecule has 0 bridgehead atoms. The Morgan fingerprint density at radius 2 is 1.75 bits per heavy atom. The van der Waals surface area contributed by atoms with Crippen LogP contribution < -0.4 is 15.4 Å². The molecule has 0 fully saturated rings. The van der Waals surface area contributed by atoms with Crippen molar-refractivity contribution in [3.63, 3.8) is 0 Å². The second-order valence-electron chi connectivity index (χ2n) is 7.10. The number of para-hydroxylation sites is 1. The molecule has 0 heterocycles. The van der Waals surface area contributed by atoms with Crippen LogP contribution in [0.15, 0.2) is 42.5 Å². The number of nitrogens with one attached hydrogen (secondary N) is 2. The minimum atomic E-state index is -0.647. The SMILES string of the molecule is CC[C@H](C)NC(=O)c1ccccc1NC(=O)[C@@H](CC)Oc1cc(C)ccc1C. The second-order valence-corrected chi connectivity index (χ2v) is 7.10. The Balaban J connectivity index is 2.16. The Morgan fingerprint density at radius 1 is 1.04 bits per heavy atom. The molecule has 2 atom stereocenters. The molecular formula is C23H30N2O3. The van der Waals surface area contributed by atoms with Gasteiger partial charge in [-0.15, -0.1) is 0 Å². The summed E-state index contributed by atoms with van der Waals surface area (Å²) in [7, 11) is 0. The number of anilines is 1. The molecule has 0 saturated heterocycles. The Morgan fingerprint density at radius 3 is 2.43 bits per heavy atom. The summed E-state index contributed by atoms with van der Waals surface area (Å²) in [4.78, 5) is 25.4. The summed E-state index contributed by atoms with van der Waals surface area (Å²) in [6.07, 6.45) is 0.702. The molecular weight excluding hydrogens is 352 g/mol. The lowest BCUT2D eigenvalue weighted by molar-refractivity contribution is -0.122. The molecule has 0 unspecified atom stereocenters. The Hall–Kier alpha value is -2.82. The third-order valence-electron chi connectivity index (χ3n) is 4.70. The molecule has 2 rings (SSSR count). The smallest absolute Gasteiger partial charge is 0.265 e. The number of rotatable bonds is 8. The number of carbonyl (C=O) groups is 2. The highest BCUT2D eigenvalue weighted by molar-refractivity contribution is 6.04. The monoisotopic (exact) mass is 382 g/mol. The second kappa shape index (κ2) is 9.93. The van der Waals surface area contributed by atoms with Gasteiger partial charge in [0.15, 0.2) is 6.10 Å². The van der Waals surface area contributed by atoms with Crippen molar-refractivity contribution in [3.8, 4) is 5.75 Å². The van der Waals surface area contributed by atoms with E-state index >= 15 is 0 Å². The minimum absolute atomic E-state index is 0.0623. The fourth-order valence-corrected chi connectivity index (χ4v) is 2.72. The maximum Gasteiger partial charge on any atom is 0.265 e. The first-order valence-electron chi connectivity index (χ1n) is 9.80. The number of hydrogen-bond donors (Lipinski definition) is 2. The number of ether oxygens (including phenoxy) is 1. The third kappa shape index (κ3) is 5.59. The Bertz CT molecular complexity index is 832. The normalized spacial score (nSPS) is 12.8. The van der Waals surface area contributed by atoms with E-state index < -0.39 is 6.10 Å². The van der Waals surface area contributed by atoms with E-state index in [1.807, 2.05) is 52.8 Å². The lowest BCUT2D eigenvalue weighted by Crippen LogP contribution is -2.35. The van der Waals surface area contributed by atoms with E-state index in [4.69, 9.17) is 4.74 Å².